The summed E-state index contributed by atoms with van der Waals surface area (Å²) in [6, 6.07) is 7.74. The van der Waals surface area contributed by atoms with Crippen molar-refractivity contribution < 1.29 is 5.11 Å². The van der Waals surface area contributed by atoms with Crippen LogP contribution in [0.5, 0.6) is 0 Å². The van der Waals surface area contributed by atoms with E-state index in [1.165, 1.54) is 0 Å². The van der Waals surface area contributed by atoms with Gasteiger partial charge in [-0.25, -0.2) is 0 Å². The van der Waals surface area contributed by atoms with E-state index in [4.69, 9.17) is 10.4 Å². The number of nitriles is 1. The first-order valence-corrected chi connectivity index (χ1v) is 5.87. The van der Waals surface area contributed by atoms with Crippen LogP contribution in [0, 0.1) is 14.2 Å². The third kappa shape index (κ3) is 1.52. The summed E-state index contributed by atoms with van der Waals surface area (Å²) in [5, 5.41) is 19.0. The second-order valence-electron chi connectivity index (χ2n) is 2.84. The lowest BCUT2D eigenvalue weighted by atomic mass is 10.1. The summed E-state index contributed by atoms with van der Waals surface area (Å²) < 4.78 is 2.11. The summed E-state index contributed by atoms with van der Waals surface area (Å²) in [7, 11) is 0. The summed E-state index contributed by atoms with van der Waals surface area (Å²) in [5.41, 5.74) is 1.57. The van der Waals surface area contributed by atoms with Crippen molar-refractivity contribution in [3.8, 4) is 6.07 Å². The van der Waals surface area contributed by atoms with Crippen LogP contribution in [-0.4, -0.2) is 5.11 Å². The maximum Gasteiger partial charge on any atom is 0.101 e. The fraction of sp³-hybridized carbons (Fsp3) is 0.100. The molecule has 0 unspecified atom stereocenters. The molecule has 0 fully saturated rings. The van der Waals surface area contributed by atoms with E-state index in [1.807, 2.05) is 12.1 Å². The number of hydrogen-bond acceptors (Lipinski definition) is 3. The number of rotatable bonds is 1. The van der Waals surface area contributed by atoms with Crippen LogP contribution in [0.25, 0.3) is 10.1 Å². The molecule has 14 heavy (non-hydrogen) atoms. The van der Waals surface area contributed by atoms with Gasteiger partial charge in [0.2, 0.25) is 0 Å². The Kier molecular flexibility index (Phi) is 2.72. The van der Waals surface area contributed by atoms with Gasteiger partial charge in [0.05, 0.1) is 19.8 Å². The normalized spacial score (nSPS) is 10.4. The van der Waals surface area contributed by atoms with Gasteiger partial charge in [-0.15, -0.1) is 11.3 Å². The molecule has 2 nitrogen and oxygen atoms in total. The SMILES string of the molecule is N#Cc1ccc(CO)c2cc(I)sc12. The average molecular weight is 315 g/mol. The highest BCUT2D eigenvalue weighted by Gasteiger charge is 2.08. The molecule has 0 aliphatic heterocycles. The van der Waals surface area contributed by atoms with Crippen molar-refractivity contribution in [2.45, 2.75) is 6.61 Å². The quantitative estimate of drug-likeness (QED) is 0.823. The third-order valence-corrected chi connectivity index (χ3v) is 3.96. The lowest BCUT2D eigenvalue weighted by molar-refractivity contribution is 0.283. The highest BCUT2D eigenvalue weighted by atomic mass is 127. The lowest BCUT2D eigenvalue weighted by Crippen LogP contribution is -1.84. The van der Waals surface area contributed by atoms with Gasteiger partial charge in [-0.1, -0.05) is 6.07 Å². The Morgan fingerprint density at radius 3 is 2.93 bits per heavy atom. The summed E-state index contributed by atoms with van der Waals surface area (Å²) in [4.78, 5) is 0. The van der Waals surface area contributed by atoms with Crippen LogP contribution in [-0.2, 0) is 6.61 Å². The monoisotopic (exact) mass is 315 g/mol. The van der Waals surface area contributed by atoms with Crippen molar-refractivity contribution in [2.75, 3.05) is 0 Å². The Morgan fingerprint density at radius 1 is 1.50 bits per heavy atom. The zero-order chi connectivity index (χ0) is 10.1. The predicted octanol–water partition coefficient (Wildman–Crippen LogP) is 2.87. The molecule has 2 aromatic rings. The number of benzene rings is 1. The second kappa shape index (κ2) is 3.85. The number of hydrogen-bond donors (Lipinski definition) is 1. The van der Waals surface area contributed by atoms with Crippen molar-refractivity contribution in [2.24, 2.45) is 0 Å². The van der Waals surface area contributed by atoms with Gasteiger partial charge < -0.3 is 5.11 Å². The van der Waals surface area contributed by atoms with Crippen LogP contribution in [0.2, 0.25) is 0 Å². The third-order valence-electron chi connectivity index (χ3n) is 2.03. The molecule has 1 aromatic heterocycles. The largest absolute Gasteiger partial charge is 0.392 e. The first kappa shape index (κ1) is 9.90. The summed E-state index contributed by atoms with van der Waals surface area (Å²) in [6.45, 7) is 0.0228. The number of halogens is 1. The second-order valence-corrected chi connectivity index (χ2v) is 5.78. The number of fused-ring (bicyclic) bond motifs is 1. The molecule has 70 valence electrons. The molecule has 0 amide bonds. The minimum atomic E-state index is 0.0228. The Hall–Kier alpha value is -0.640. The zero-order valence-corrected chi connectivity index (χ0v) is 10.1. The first-order valence-electron chi connectivity index (χ1n) is 3.98. The minimum absolute atomic E-state index is 0.0228. The highest BCUT2D eigenvalue weighted by Crippen LogP contribution is 2.32. The molecule has 1 heterocycles. The summed E-state index contributed by atoms with van der Waals surface area (Å²) in [6.07, 6.45) is 0. The van der Waals surface area contributed by atoms with Crippen molar-refractivity contribution in [1.82, 2.24) is 0 Å². The molecule has 2 rings (SSSR count). The van der Waals surface area contributed by atoms with E-state index in [0.29, 0.717) is 5.56 Å². The molecule has 0 radical (unpaired) electrons. The van der Waals surface area contributed by atoms with E-state index in [1.54, 1.807) is 17.4 Å². The van der Waals surface area contributed by atoms with Gasteiger partial charge in [0.1, 0.15) is 6.07 Å². The van der Waals surface area contributed by atoms with Crippen molar-refractivity contribution in [1.29, 1.82) is 5.26 Å². The first-order chi connectivity index (χ1) is 6.76. The lowest BCUT2D eigenvalue weighted by Gasteiger charge is -1.99. The van der Waals surface area contributed by atoms with E-state index >= 15 is 0 Å². The molecular weight excluding hydrogens is 309 g/mol. The maximum absolute atomic E-state index is 9.13. The maximum atomic E-state index is 9.13. The van der Waals surface area contributed by atoms with Gasteiger partial charge in [0.25, 0.3) is 0 Å². The standard InChI is InChI=1S/C10H6INOS/c11-9-3-8-7(5-13)2-1-6(4-12)10(8)14-9/h1-3,13H,5H2. The molecule has 0 spiro atoms. The molecular formula is C10H6INOS. The van der Waals surface area contributed by atoms with E-state index in [-0.39, 0.29) is 6.61 Å². The Labute approximate surface area is 98.9 Å². The molecule has 4 heteroatoms. The van der Waals surface area contributed by atoms with Crippen molar-refractivity contribution in [3.05, 3.63) is 32.2 Å². The minimum Gasteiger partial charge on any atom is -0.392 e. The molecule has 0 atom stereocenters. The van der Waals surface area contributed by atoms with Crippen LogP contribution >= 0.6 is 33.9 Å². The average Bonchev–Trinajstić information content (AvgIpc) is 2.57. The zero-order valence-electron chi connectivity index (χ0n) is 7.12. The molecule has 0 aliphatic rings. The van der Waals surface area contributed by atoms with Gasteiger partial charge in [0.15, 0.2) is 0 Å². The van der Waals surface area contributed by atoms with Crippen molar-refractivity contribution in [3.63, 3.8) is 0 Å². The van der Waals surface area contributed by atoms with Crippen LogP contribution in [0.4, 0.5) is 0 Å². The Morgan fingerprint density at radius 2 is 2.29 bits per heavy atom. The van der Waals surface area contributed by atoms with E-state index < -0.39 is 0 Å². The Bertz CT molecular complexity index is 527. The summed E-state index contributed by atoms with van der Waals surface area (Å²) >= 11 is 3.81. The topological polar surface area (TPSA) is 44.0 Å². The van der Waals surface area contributed by atoms with Gasteiger partial charge in [-0.2, -0.15) is 5.26 Å². The van der Waals surface area contributed by atoms with E-state index in [0.717, 1.165) is 18.5 Å². The van der Waals surface area contributed by atoms with Gasteiger partial charge in [-0.3, -0.25) is 0 Å². The predicted molar refractivity (Wildman–Crippen MR) is 65.2 cm³/mol. The van der Waals surface area contributed by atoms with Crippen LogP contribution in [0.1, 0.15) is 11.1 Å². The molecule has 0 saturated carbocycles. The molecule has 0 saturated heterocycles. The van der Waals surface area contributed by atoms with Crippen LogP contribution < -0.4 is 0 Å². The molecule has 0 aliphatic carbocycles. The van der Waals surface area contributed by atoms with Crippen LogP contribution in [0.3, 0.4) is 0 Å². The fourth-order valence-electron chi connectivity index (χ4n) is 1.37. The van der Waals surface area contributed by atoms with Crippen LogP contribution in [0.15, 0.2) is 18.2 Å². The summed E-state index contributed by atoms with van der Waals surface area (Å²) in [5.74, 6) is 0. The fourth-order valence-corrected chi connectivity index (χ4v) is 3.24. The number of nitrogens with zero attached hydrogens (tertiary/aromatic N) is 1. The number of aliphatic hydroxyl groups excluding tert-OH is 1. The van der Waals surface area contributed by atoms with Gasteiger partial charge in [-0.05, 0) is 40.3 Å². The Balaban J connectivity index is 2.86. The van der Waals surface area contributed by atoms with E-state index in [2.05, 4.69) is 28.7 Å². The highest BCUT2D eigenvalue weighted by molar-refractivity contribution is 14.1. The van der Waals surface area contributed by atoms with Crippen molar-refractivity contribution >= 4 is 44.0 Å². The number of thiophene rings is 1. The molecule has 1 N–H and O–H groups in total. The van der Waals surface area contributed by atoms with Gasteiger partial charge >= 0.3 is 0 Å². The molecule has 0 bridgehead atoms. The molecule has 1 aromatic carbocycles. The van der Waals surface area contributed by atoms with E-state index in [9.17, 15) is 0 Å². The van der Waals surface area contributed by atoms with Gasteiger partial charge in [0, 0.05) is 5.39 Å². The smallest absolute Gasteiger partial charge is 0.101 e. The number of aliphatic hydroxyl groups is 1.